The first-order valence-corrected chi connectivity index (χ1v) is 18.7. The minimum absolute atomic E-state index is 0.502. The summed E-state index contributed by atoms with van der Waals surface area (Å²) < 4.78 is 0. The number of nitrogens with zero attached hydrogens (tertiary/aromatic N) is 1. The molecular weight excluding hydrogens is 651 g/mol. The first-order chi connectivity index (χ1) is 26.8. The van der Waals surface area contributed by atoms with Crippen LogP contribution in [0.5, 0.6) is 0 Å². The van der Waals surface area contributed by atoms with Gasteiger partial charge in [-0.2, -0.15) is 0 Å². The molecule has 0 aliphatic heterocycles. The van der Waals surface area contributed by atoms with E-state index in [0.29, 0.717) is 0 Å². The number of fused-ring (bicyclic) bond motifs is 4. The van der Waals surface area contributed by atoms with E-state index in [9.17, 15) is 0 Å². The molecule has 9 aromatic rings. The van der Waals surface area contributed by atoms with Crippen molar-refractivity contribution in [3.63, 3.8) is 0 Å². The van der Waals surface area contributed by atoms with Crippen molar-refractivity contribution in [2.45, 2.75) is 5.41 Å². The van der Waals surface area contributed by atoms with E-state index in [1.807, 2.05) is 0 Å². The second kappa shape index (κ2) is 13.2. The van der Waals surface area contributed by atoms with Crippen LogP contribution >= 0.6 is 0 Å². The largest absolute Gasteiger partial charge is 0.310 e. The smallest absolute Gasteiger partial charge is 0.0713 e. The van der Waals surface area contributed by atoms with E-state index in [-0.39, 0.29) is 0 Å². The van der Waals surface area contributed by atoms with Crippen LogP contribution in [-0.2, 0) is 5.41 Å². The molecular formula is C53H37N. The van der Waals surface area contributed by atoms with E-state index in [4.69, 9.17) is 0 Å². The average molecular weight is 688 g/mol. The number of hydrogen-bond donors (Lipinski definition) is 0. The number of benzene rings is 9. The fraction of sp³-hybridized carbons (Fsp3) is 0.0189. The van der Waals surface area contributed by atoms with Crippen LogP contribution in [0.15, 0.2) is 224 Å². The van der Waals surface area contributed by atoms with Crippen molar-refractivity contribution in [1.29, 1.82) is 0 Å². The molecule has 1 nitrogen and oxygen atoms in total. The van der Waals surface area contributed by atoms with Crippen molar-refractivity contribution in [3.8, 4) is 33.4 Å². The van der Waals surface area contributed by atoms with E-state index in [2.05, 4.69) is 229 Å². The lowest BCUT2D eigenvalue weighted by molar-refractivity contribution is 0.769. The zero-order valence-corrected chi connectivity index (χ0v) is 29.8. The highest BCUT2D eigenvalue weighted by Gasteiger charge is 2.46. The van der Waals surface area contributed by atoms with E-state index in [1.54, 1.807) is 0 Å². The van der Waals surface area contributed by atoms with Gasteiger partial charge in [-0.3, -0.25) is 0 Å². The summed E-state index contributed by atoms with van der Waals surface area (Å²) in [6, 6.07) is 82.0. The van der Waals surface area contributed by atoms with Crippen LogP contribution in [0.2, 0.25) is 0 Å². The van der Waals surface area contributed by atoms with Gasteiger partial charge in [0, 0.05) is 17.1 Å². The van der Waals surface area contributed by atoms with Gasteiger partial charge in [0.25, 0.3) is 0 Å². The second-order valence-corrected chi connectivity index (χ2v) is 14.1. The summed E-state index contributed by atoms with van der Waals surface area (Å²) in [5, 5.41) is 2.53. The van der Waals surface area contributed by atoms with Crippen molar-refractivity contribution in [2.24, 2.45) is 0 Å². The zero-order valence-electron chi connectivity index (χ0n) is 29.8. The van der Waals surface area contributed by atoms with Crippen molar-refractivity contribution >= 4 is 27.8 Å². The molecule has 0 amide bonds. The monoisotopic (exact) mass is 687 g/mol. The summed E-state index contributed by atoms with van der Waals surface area (Å²) in [6.07, 6.45) is 0. The second-order valence-electron chi connectivity index (χ2n) is 14.1. The topological polar surface area (TPSA) is 3.24 Å². The van der Waals surface area contributed by atoms with Gasteiger partial charge >= 0.3 is 0 Å². The third kappa shape index (κ3) is 5.17. The van der Waals surface area contributed by atoms with E-state index >= 15 is 0 Å². The molecule has 9 aromatic carbocycles. The molecule has 0 unspecified atom stereocenters. The average Bonchev–Trinajstić information content (AvgIpc) is 3.56. The number of hydrogen-bond acceptors (Lipinski definition) is 1. The summed E-state index contributed by atoms with van der Waals surface area (Å²) in [5.41, 5.74) is 15.4. The summed E-state index contributed by atoms with van der Waals surface area (Å²) in [6.45, 7) is 0. The Morgan fingerprint density at radius 3 is 1.48 bits per heavy atom. The fourth-order valence-electron chi connectivity index (χ4n) is 8.76. The standard InChI is InChI=1S/C53H37N/c1-3-21-44(22-4-1)54(45-23-5-2-6-24-45)46-25-14-19-41(37-46)40-18-13-20-43(36-40)53(51-30-11-9-27-49(51)50-28-10-12-31-52(50)53)42-34-32-39(33-35-42)48-29-15-17-38-16-7-8-26-47(38)48/h1-37H. The minimum atomic E-state index is -0.502. The van der Waals surface area contributed by atoms with Gasteiger partial charge in [0.15, 0.2) is 0 Å². The van der Waals surface area contributed by atoms with Crippen molar-refractivity contribution in [3.05, 3.63) is 247 Å². The Bertz CT molecular complexity index is 2670. The molecule has 0 fully saturated rings. The SMILES string of the molecule is c1ccc(N(c2ccccc2)c2cccc(-c3cccc(C4(c5ccc(-c6cccc7ccccc67)cc5)c5ccccc5-c5ccccc54)c3)c2)cc1. The zero-order chi connectivity index (χ0) is 35.9. The Morgan fingerprint density at radius 1 is 0.296 bits per heavy atom. The Hall–Kier alpha value is -6.96. The predicted octanol–water partition coefficient (Wildman–Crippen LogP) is 14.0. The van der Waals surface area contributed by atoms with Crippen LogP contribution in [0.3, 0.4) is 0 Å². The van der Waals surface area contributed by atoms with Gasteiger partial charge in [-0.1, -0.05) is 182 Å². The maximum atomic E-state index is 2.42. The molecule has 1 aliphatic carbocycles. The molecule has 0 atom stereocenters. The van der Waals surface area contributed by atoms with Gasteiger partial charge in [0.2, 0.25) is 0 Å². The molecule has 254 valence electrons. The highest BCUT2D eigenvalue weighted by atomic mass is 15.1. The lowest BCUT2D eigenvalue weighted by atomic mass is 9.67. The van der Waals surface area contributed by atoms with E-state index < -0.39 is 5.41 Å². The van der Waals surface area contributed by atoms with Crippen molar-refractivity contribution < 1.29 is 0 Å². The number of rotatable bonds is 7. The highest BCUT2D eigenvalue weighted by Crippen LogP contribution is 2.56. The van der Waals surface area contributed by atoms with Crippen molar-refractivity contribution in [2.75, 3.05) is 4.90 Å². The van der Waals surface area contributed by atoms with Gasteiger partial charge in [-0.05, 0) is 109 Å². The quantitative estimate of drug-likeness (QED) is 0.161. The minimum Gasteiger partial charge on any atom is -0.310 e. The number of para-hydroxylation sites is 2. The summed E-state index contributed by atoms with van der Waals surface area (Å²) >= 11 is 0. The van der Waals surface area contributed by atoms with Gasteiger partial charge in [-0.25, -0.2) is 0 Å². The summed E-state index contributed by atoms with van der Waals surface area (Å²) in [5.74, 6) is 0. The molecule has 0 N–H and O–H groups in total. The lowest BCUT2D eigenvalue weighted by Gasteiger charge is -2.34. The van der Waals surface area contributed by atoms with Gasteiger partial charge in [0.05, 0.1) is 5.41 Å². The van der Waals surface area contributed by atoms with E-state index in [1.165, 1.54) is 66.4 Å². The van der Waals surface area contributed by atoms with Crippen LogP contribution in [0.25, 0.3) is 44.2 Å². The summed E-state index contributed by atoms with van der Waals surface area (Å²) in [4.78, 5) is 2.33. The van der Waals surface area contributed by atoms with Crippen LogP contribution in [0.1, 0.15) is 22.3 Å². The van der Waals surface area contributed by atoms with Gasteiger partial charge in [0.1, 0.15) is 0 Å². The fourth-order valence-corrected chi connectivity index (χ4v) is 8.76. The Kier molecular flexibility index (Phi) is 7.78. The van der Waals surface area contributed by atoms with Gasteiger partial charge < -0.3 is 4.90 Å². The van der Waals surface area contributed by atoms with Gasteiger partial charge in [-0.15, -0.1) is 0 Å². The Labute approximate surface area is 317 Å². The van der Waals surface area contributed by atoms with Crippen LogP contribution in [0.4, 0.5) is 17.1 Å². The molecule has 1 aliphatic rings. The van der Waals surface area contributed by atoms with Crippen LogP contribution in [0, 0.1) is 0 Å². The predicted molar refractivity (Wildman–Crippen MR) is 227 cm³/mol. The highest BCUT2D eigenvalue weighted by molar-refractivity contribution is 5.97. The normalized spacial score (nSPS) is 12.6. The molecule has 0 heterocycles. The molecule has 0 aromatic heterocycles. The first kappa shape index (κ1) is 31.7. The summed E-state index contributed by atoms with van der Waals surface area (Å²) in [7, 11) is 0. The maximum Gasteiger partial charge on any atom is 0.0713 e. The third-order valence-corrected chi connectivity index (χ3v) is 11.1. The van der Waals surface area contributed by atoms with E-state index in [0.717, 1.165) is 17.1 Å². The molecule has 0 saturated heterocycles. The Morgan fingerprint density at radius 2 is 0.796 bits per heavy atom. The maximum absolute atomic E-state index is 2.42. The molecule has 0 radical (unpaired) electrons. The molecule has 0 saturated carbocycles. The first-order valence-electron chi connectivity index (χ1n) is 18.7. The molecule has 0 bridgehead atoms. The van der Waals surface area contributed by atoms with Crippen molar-refractivity contribution in [1.82, 2.24) is 0 Å². The molecule has 10 rings (SSSR count). The molecule has 1 heteroatoms. The molecule has 0 spiro atoms. The van der Waals surface area contributed by atoms with Crippen LogP contribution in [-0.4, -0.2) is 0 Å². The third-order valence-electron chi connectivity index (χ3n) is 11.1. The lowest BCUT2D eigenvalue weighted by Crippen LogP contribution is -2.28. The number of anilines is 3. The Balaban J connectivity index is 1.14. The molecule has 54 heavy (non-hydrogen) atoms. The van der Waals surface area contributed by atoms with Crippen LogP contribution < -0.4 is 4.90 Å².